The molecule has 0 spiro atoms. The van der Waals surface area contributed by atoms with Gasteiger partial charge in [-0.1, -0.05) is 54.6 Å². The minimum absolute atomic E-state index is 0.580. The molecule has 0 amide bonds. The quantitative estimate of drug-likeness (QED) is 0.717. The number of hydrogen-bond donors (Lipinski definition) is 0. The van der Waals surface area contributed by atoms with Crippen LogP contribution in [0.3, 0.4) is 0 Å². The van der Waals surface area contributed by atoms with Crippen molar-refractivity contribution < 1.29 is 0 Å². The van der Waals surface area contributed by atoms with Crippen LogP contribution in [0.15, 0.2) is 54.6 Å². The van der Waals surface area contributed by atoms with E-state index in [0.29, 0.717) is 5.92 Å². The van der Waals surface area contributed by atoms with E-state index in [0.717, 1.165) is 13.1 Å². The maximum absolute atomic E-state index is 6.12. The topological polar surface area (TPSA) is 3.24 Å². The summed E-state index contributed by atoms with van der Waals surface area (Å²) in [6.07, 6.45) is 2.43. The van der Waals surface area contributed by atoms with Crippen molar-refractivity contribution in [3.05, 3.63) is 60.2 Å². The number of hydrogen-bond acceptors (Lipinski definition) is 1. The van der Waals surface area contributed by atoms with Crippen LogP contribution in [0.2, 0.25) is 0 Å². The highest BCUT2D eigenvalue weighted by atomic mass is 35.5. The van der Waals surface area contributed by atoms with E-state index in [4.69, 9.17) is 11.8 Å². The van der Waals surface area contributed by atoms with Crippen molar-refractivity contribution in [1.29, 1.82) is 0 Å². The lowest BCUT2D eigenvalue weighted by molar-refractivity contribution is 0.332. The summed E-state index contributed by atoms with van der Waals surface area (Å²) < 4.78 is 1.92. The monoisotopic (exact) mass is 271 g/mol. The molecule has 98 valence electrons. The Morgan fingerprint density at radius 1 is 0.895 bits per heavy atom. The summed E-state index contributed by atoms with van der Waals surface area (Å²) >= 11 is 6.12. The first-order valence-electron chi connectivity index (χ1n) is 6.89. The Morgan fingerprint density at radius 2 is 1.58 bits per heavy atom. The predicted octanol–water partition coefficient (Wildman–Crippen LogP) is 4.69. The molecule has 0 radical (unpaired) electrons. The molecule has 1 unspecified atom stereocenters. The minimum atomic E-state index is 0.580. The number of piperidine rings is 1. The molecule has 1 nitrogen and oxygen atoms in total. The molecule has 0 aliphatic carbocycles. The zero-order valence-electron chi connectivity index (χ0n) is 10.9. The highest BCUT2D eigenvalue weighted by molar-refractivity contribution is 6.13. The van der Waals surface area contributed by atoms with Crippen LogP contribution in [0, 0.1) is 0 Å². The van der Waals surface area contributed by atoms with Crippen molar-refractivity contribution in [2.45, 2.75) is 18.8 Å². The highest BCUT2D eigenvalue weighted by Crippen LogP contribution is 2.29. The zero-order valence-corrected chi connectivity index (χ0v) is 11.7. The third-order valence-electron chi connectivity index (χ3n) is 3.86. The molecule has 1 aliphatic rings. The van der Waals surface area contributed by atoms with Gasteiger partial charge < -0.3 is 0 Å². The van der Waals surface area contributed by atoms with Crippen molar-refractivity contribution >= 4 is 11.8 Å². The van der Waals surface area contributed by atoms with Crippen molar-refractivity contribution in [2.24, 2.45) is 0 Å². The number of benzene rings is 2. The molecule has 1 aliphatic heterocycles. The molecule has 1 atom stereocenters. The molecule has 0 aromatic heterocycles. The van der Waals surface area contributed by atoms with Gasteiger partial charge in [-0.15, -0.1) is 0 Å². The van der Waals surface area contributed by atoms with Crippen LogP contribution in [0.1, 0.15) is 24.3 Å². The Bertz CT molecular complexity index is 521. The lowest BCUT2D eigenvalue weighted by Crippen LogP contribution is -2.26. The molecule has 1 saturated heterocycles. The third kappa shape index (κ3) is 2.99. The van der Waals surface area contributed by atoms with Crippen LogP contribution < -0.4 is 0 Å². The van der Waals surface area contributed by atoms with E-state index in [-0.39, 0.29) is 0 Å². The SMILES string of the molecule is ClN1CCCC(c2ccc(-c3ccccc3)cc2)C1. The fourth-order valence-electron chi connectivity index (χ4n) is 2.78. The minimum Gasteiger partial charge on any atom is -0.220 e. The van der Waals surface area contributed by atoms with Gasteiger partial charge in [0.1, 0.15) is 0 Å². The molecule has 3 rings (SSSR count). The van der Waals surface area contributed by atoms with Gasteiger partial charge in [-0.2, -0.15) is 0 Å². The van der Waals surface area contributed by atoms with Gasteiger partial charge in [0.05, 0.1) is 0 Å². The third-order valence-corrected chi connectivity index (χ3v) is 4.17. The first-order valence-corrected chi connectivity index (χ1v) is 7.23. The molecular formula is C17H18ClN. The standard InChI is InChI=1S/C17H18ClN/c18-19-12-4-7-17(13-19)16-10-8-15(9-11-16)14-5-2-1-3-6-14/h1-3,5-6,8-11,17H,4,7,12-13H2. The number of halogens is 1. The molecule has 1 fully saturated rings. The molecule has 19 heavy (non-hydrogen) atoms. The summed E-state index contributed by atoms with van der Waals surface area (Å²) in [5.41, 5.74) is 3.96. The number of nitrogens with zero attached hydrogens (tertiary/aromatic N) is 1. The Kier molecular flexibility index (Phi) is 3.86. The second-order valence-corrected chi connectivity index (χ2v) is 5.67. The van der Waals surface area contributed by atoms with Gasteiger partial charge in [0, 0.05) is 13.1 Å². The van der Waals surface area contributed by atoms with Crippen LogP contribution in [0.25, 0.3) is 11.1 Å². The van der Waals surface area contributed by atoms with Gasteiger partial charge in [-0.25, -0.2) is 4.42 Å². The van der Waals surface area contributed by atoms with Crippen molar-refractivity contribution in [3.63, 3.8) is 0 Å². The molecule has 2 aromatic carbocycles. The summed E-state index contributed by atoms with van der Waals surface area (Å²) in [5.74, 6) is 0.580. The first-order chi connectivity index (χ1) is 9.33. The summed E-state index contributed by atoms with van der Waals surface area (Å²) in [7, 11) is 0. The second kappa shape index (κ2) is 5.77. The normalized spacial score (nSPS) is 20.4. The maximum Gasteiger partial charge on any atom is 0.0207 e. The molecule has 2 aromatic rings. The molecule has 1 heterocycles. The lowest BCUT2D eigenvalue weighted by atomic mass is 9.90. The van der Waals surface area contributed by atoms with E-state index in [1.807, 2.05) is 4.42 Å². The molecular weight excluding hydrogens is 254 g/mol. The second-order valence-electron chi connectivity index (χ2n) is 5.20. The van der Waals surface area contributed by atoms with Crippen molar-refractivity contribution in [1.82, 2.24) is 4.42 Å². The van der Waals surface area contributed by atoms with Crippen molar-refractivity contribution in [3.8, 4) is 11.1 Å². The molecule has 0 saturated carbocycles. The molecule has 0 bridgehead atoms. The Balaban J connectivity index is 1.79. The van der Waals surface area contributed by atoms with Crippen LogP contribution in [-0.4, -0.2) is 17.5 Å². The highest BCUT2D eigenvalue weighted by Gasteiger charge is 2.19. The molecule has 2 heteroatoms. The van der Waals surface area contributed by atoms with Gasteiger partial charge in [0.25, 0.3) is 0 Å². The van der Waals surface area contributed by atoms with E-state index >= 15 is 0 Å². The van der Waals surface area contributed by atoms with Gasteiger partial charge in [-0.05, 0) is 47.2 Å². The van der Waals surface area contributed by atoms with Gasteiger partial charge in [0.2, 0.25) is 0 Å². The summed E-state index contributed by atoms with van der Waals surface area (Å²) in [5, 5.41) is 0. The van der Waals surface area contributed by atoms with E-state index in [2.05, 4.69) is 54.6 Å². The first kappa shape index (κ1) is 12.7. The smallest absolute Gasteiger partial charge is 0.0207 e. The van der Waals surface area contributed by atoms with Gasteiger partial charge in [0.15, 0.2) is 0 Å². The lowest BCUT2D eigenvalue weighted by Gasteiger charge is -2.27. The van der Waals surface area contributed by atoms with E-state index in [1.165, 1.54) is 29.5 Å². The maximum atomic E-state index is 6.12. The fraction of sp³-hybridized carbons (Fsp3) is 0.294. The van der Waals surface area contributed by atoms with Crippen LogP contribution in [0.5, 0.6) is 0 Å². The average molecular weight is 272 g/mol. The van der Waals surface area contributed by atoms with Gasteiger partial charge >= 0.3 is 0 Å². The Morgan fingerprint density at radius 3 is 2.26 bits per heavy atom. The summed E-state index contributed by atoms with van der Waals surface area (Å²) in [6, 6.07) is 19.5. The van der Waals surface area contributed by atoms with E-state index in [9.17, 15) is 0 Å². The Hall–Kier alpha value is -1.31. The largest absolute Gasteiger partial charge is 0.220 e. The van der Waals surface area contributed by atoms with Gasteiger partial charge in [-0.3, -0.25) is 0 Å². The van der Waals surface area contributed by atoms with Crippen molar-refractivity contribution in [2.75, 3.05) is 13.1 Å². The summed E-state index contributed by atoms with van der Waals surface area (Å²) in [4.78, 5) is 0. The van der Waals surface area contributed by atoms with Crippen LogP contribution in [-0.2, 0) is 0 Å². The van der Waals surface area contributed by atoms with Crippen LogP contribution in [0.4, 0.5) is 0 Å². The van der Waals surface area contributed by atoms with E-state index < -0.39 is 0 Å². The summed E-state index contributed by atoms with van der Waals surface area (Å²) in [6.45, 7) is 1.98. The zero-order chi connectivity index (χ0) is 13.1. The average Bonchev–Trinajstić information content (AvgIpc) is 2.48. The Labute approximate surface area is 119 Å². The molecule has 0 N–H and O–H groups in total. The fourth-order valence-corrected chi connectivity index (χ4v) is 3.07. The van der Waals surface area contributed by atoms with E-state index in [1.54, 1.807) is 0 Å². The predicted molar refractivity (Wildman–Crippen MR) is 81.3 cm³/mol. The van der Waals surface area contributed by atoms with Crippen LogP contribution >= 0.6 is 11.8 Å². The number of rotatable bonds is 2.